The zero-order chi connectivity index (χ0) is 39.3. The van der Waals surface area contributed by atoms with Crippen LogP contribution >= 0.6 is 0 Å². The van der Waals surface area contributed by atoms with Gasteiger partial charge in [-0.15, -0.1) is 0 Å². The molecule has 4 aromatic carbocycles. The lowest BCUT2D eigenvalue weighted by Crippen LogP contribution is -2.41. The fourth-order valence-corrected chi connectivity index (χ4v) is 5.70. The molecule has 12 nitrogen and oxygen atoms in total. The Morgan fingerprint density at radius 3 is 1.41 bits per heavy atom. The van der Waals surface area contributed by atoms with Crippen LogP contribution in [-0.2, 0) is 37.1 Å². The summed E-state index contributed by atoms with van der Waals surface area (Å²) in [5.41, 5.74) is 5.24. The lowest BCUT2D eigenvalue weighted by molar-refractivity contribution is 0.0684. The highest BCUT2D eigenvalue weighted by Gasteiger charge is 2.26. The molecule has 0 fully saturated rings. The Morgan fingerprint density at radius 2 is 1.06 bits per heavy atom. The number of hydrogen-bond acceptors (Lipinski definition) is 10. The maximum atomic E-state index is 13.3. The molecule has 2 unspecified atom stereocenters. The highest BCUT2D eigenvalue weighted by Crippen LogP contribution is 2.18. The third-order valence-corrected chi connectivity index (χ3v) is 8.72. The van der Waals surface area contributed by atoms with Crippen molar-refractivity contribution in [2.45, 2.75) is 51.9 Å². The quantitative estimate of drug-likeness (QED) is 0.0736. The van der Waals surface area contributed by atoms with Gasteiger partial charge in [0.2, 0.25) is 0 Å². The maximum absolute atomic E-state index is 13.3. The van der Waals surface area contributed by atoms with Gasteiger partial charge in [-0.2, -0.15) is 8.42 Å². The summed E-state index contributed by atoms with van der Waals surface area (Å²) in [5.74, 6) is -0.300. The van der Waals surface area contributed by atoms with Crippen LogP contribution in [0.25, 0.3) is 0 Å². The molecule has 0 heterocycles. The van der Waals surface area contributed by atoms with Crippen molar-refractivity contribution in [1.82, 2.24) is 9.80 Å². The van der Waals surface area contributed by atoms with E-state index in [0.29, 0.717) is 30.6 Å². The first-order chi connectivity index (χ1) is 25.9. The van der Waals surface area contributed by atoms with Crippen LogP contribution in [0.15, 0.2) is 120 Å². The Bertz CT molecular complexity index is 1870. The number of rotatable bonds is 18. The van der Waals surface area contributed by atoms with Crippen molar-refractivity contribution in [2.24, 2.45) is 10.3 Å². The van der Waals surface area contributed by atoms with E-state index in [-0.39, 0.29) is 37.5 Å². The van der Waals surface area contributed by atoms with E-state index in [1.807, 2.05) is 111 Å². The van der Waals surface area contributed by atoms with Crippen molar-refractivity contribution in [3.05, 3.63) is 143 Å². The average Bonchev–Trinajstić information content (AvgIpc) is 3.17. The van der Waals surface area contributed by atoms with Crippen molar-refractivity contribution in [3.63, 3.8) is 0 Å². The number of aryl methyl sites for hydroxylation is 2. The van der Waals surface area contributed by atoms with Crippen LogP contribution in [-0.4, -0.2) is 93.3 Å². The van der Waals surface area contributed by atoms with Crippen LogP contribution in [0.3, 0.4) is 0 Å². The van der Waals surface area contributed by atoms with Gasteiger partial charge in [-0.05, 0) is 62.1 Å². The van der Waals surface area contributed by atoms with Crippen LogP contribution < -0.4 is 0 Å². The minimum atomic E-state index is -3.58. The fraction of sp³-hybridized carbons (Fsp3) is 0.317. The largest absolute Gasteiger partial charge is 0.399 e. The van der Waals surface area contributed by atoms with E-state index in [0.717, 1.165) is 28.5 Å². The average molecular weight is 759 g/mol. The maximum Gasteiger partial charge on any atom is 0.264 e. The first-order valence-corrected chi connectivity index (χ1v) is 19.2. The van der Waals surface area contributed by atoms with Gasteiger partial charge in [0.05, 0.1) is 37.4 Å². The van der Waals surface area contributed by atoms with E-state index in [1.165, 1.54) is 20.4 Å². The molecular weight excluding hydrogens is 709 g/mol. The fourth-order valence-electron chi connectivity index (χ4n) is 5.30. The number of benzene rings is 4. The predicted octanol–water partition coefficient (Wildman–Crippen LogP) is 6.03. The highest BCUT2D eigenvalue weighted by atomic mass is 32.2. The minimum absolute atomic E-state index is 0.0487. The van der Waals surface area contributed by atoms with Gasteiger partial charge in [-0.1, -0.05) is 106 Å². The molecule has 0 aliphatic rings. The third kappa shape index (κ3) is 14.9. The van der Waals surface area contributed by atoms with Crippen LogP contribution in [0, 0.1) is 13.8 Å². The smallest absolute Gasteiger partial charge is 0.264 e. The first kappa shape index (κ1) is 43.0. The van der Waals surface area contributed by atoms with Gasteiger partial charge in [-0.3, -0.25) is 13.8 Å². The van der Waals surface area contributed by atoms with Gasteiger partial charge >= 0.3 is 0 Å². The molecule has 13 heteroatoms. The number of hydrogen-bond donors (Lipinski definition) is 1. The van der Waals surface area contributed by atoms with Crippen LogP contribution in [0.4, 0.5) is 0 Å². The second-order valence-electron chi connectivity index (χ2n) is 12.4. The van der Waals surface area contributed by atoms with Crippen molar-refractivity contribution in [3.8, 4) is 0 Å². The molecule has 4 rings (SSSR count). The number of oxime groups is 2. The van der Waals surface area contributed by atoms with Crippen molar-refractivity contribution < 1.29 is 37.0 Å². The number of amides is 2. The SMILES string of the molecule is CO/N=C/C(CCO)N(Cc1ccccc1)C(=O)c1ccc(C)cc1.CO/N=C/C(CCOS(C)(=O)=O)N(Cc1ccccc1)C(=O)c1ccc(C)cc1. The van der Waals surface area contributed by atoms with E-state index in [2.05, 4.69) is 10.3 Å². The van der Waals surface area contributed by atoms with Crippen molar-refractivity contribution >= 4 is 34.4 Å². The van der Waals surface area contributed by atoms with Crippen molar-refractivity contribution in [1.29, 1.82) is 0 Å². The summed E-state index contributed by atoms with van der Waals surface area (Å²) in [6.07, 6.45) is 4.66. The zero-order valence-electron chi connectivity index (χ0n) is 31.4. The van der Waals surface area contributed by atoms with Gasteiger partial charge in [0.1, 0.15) is 14.2 Å². The van der Waals surface area contributed by atoms with E-state index < -0.39 is 16.2 Å². The second kappa shape index (κ2) is 22.6. The summed E-state index contributed by atoms with van der Waals surface area (Å²) < 4.78 is 27.5. The molecule has 0 spiro atoms. The molecule has 0 bridgehead atoms. The molecular formula is C41H50N4O8S. The number of aliphatic hydroxyl groups excluding tert-OH is 1. The molecule has 1 N–H and O–H groups in total. The summed E-state index contributed by atoms with van der Waals surface area (Å²) in [4.78, 5) is 39.3. The molecule has 0 aliphatic carbocycles. The molecule has 0 radical (unpaired) electrons. The Hall–Kier alpha value is -5.37. The Labute approximate surface area is 318 Å². The summed E-state index contributed by atoms with van der Waals surface area (Å²) in [6, 6.07) is 33.2. The number of aliphatic hydroxyl groups is 1. The number of nitrogens with zero attached hydrogens (tertiary/aromatic N) is 4. The lowest BCUT2D eigenvalue weighted by Gasteiger charge is -2.29. The Kier molecular flexibility index (Phi) is 18.0. The van der Waals surface area contributed by atoms with Gasteiger partial charge in [-0.25, -0.2) is 0 Å². The van der Waals surface area contributed by atoms with E-state index in [1.54, 1.807) is 28.1 Å². The molecule has 4 aromatic rings. The molecule has 54 heavy (non-hydrogen) atoms. The molecule has 2 atom stereocenters. The molecule has 0 aliphatic heterocycles. The summed E-state index contributed by atoms with van der Waals surface area (Å²) in [5, 5.41) is 17.0. The predicted molar refractivity (Wildman–Crippen MR) is 211 cm³/mol. The van der Waals surface area contributed by atoms with Crippen LogP contribution in [0.2, 0.25) is 0 Å². The van der Waals surface area contributed by atoms with Gasteiger partial charge < -0.3 is 24.6 Å². The number of carbonyl (C=O) groups excluding carboxylic acids is 2. The number of carbonyl (C=O) groups is 2. The minimum Gasteiger partial charge on any atom is -0.399 e. The third-order valence-electron chi connectivity index (χ3n) is 8.12. The van der Waals surface area contributed by atoms with E-state index in [9.17, 15) is 23.1 Å². The standard InChI is InChI=1S/C21H26N2O5S.C20H24N2O3/c1-17-9-11-19(12-10-17)21(24)23(16-18-7-5-4-6-8-18)20(15-22-27-2)13-14-28-29(3,25)26;1-16-8-10-18(11-9-16)20(24)22(15-17-6-4-3-5-7-17)19(12-13-23)14-21-25-2/h4-12,15,20H,13-14,16H2,1-3H3;3-11,14,19,23H,12-13,15H2,1-2H3/b22-15+;21-14+. The van der Waals surface area contributed by atoms with Crippen LogP contribution in [0.5, 0.6) is 0 Å². The van der Waals surface area contributed by atoms with Crippen LogP contribution in [0.1, 0.15) is 55.8 Å². The summed E-state index contributed by atoms with van der Waals surface area (Å²) in [7, 11) is -0.720. The first-order valence-electron chi connectivity index (χ1n) is 17.4. The Morgan fingerprint density at radius 1 is 0.667 bits per heavy atom. The lowest BCUT2D eigenvalue weighted by atomic mass is 10.1. The summed E-state index contributed by atoms with van der Waals surface area (Å²) >= 11 is 0. The van der Waals surface area contributed by atoms with E-state index >= 15 is 0 Å². The topological polar surface area (TPSA) is 147 Å². The second-order valence-corrected chi connectivity index (χ2v) is 14.0. The molecule has 0 aromatic heterocycles. The molecule has 288 valence electrons. The summed E-state index contributed by atoms with van der Waals surface area (Å²) in [6.45, 7) is 4.56. The highest BCUT2D eigenvalue weighted by molar-refractivity contribution is 7.85. The molecule has 0 saturated heterocycles. The van der Waals surface area contributed by atoms with Gasteiger partial charge in [0.15, 0.2) is 0 Å². The van der Waals surface area contributed by atoms with E-state index in [4.69, 9.17) is 13.9 Å². The van der Waals surface area contributed by atoms with Gasteiger partial charge in [0, 0.05) is 30.8 Å². The van der Waals surface area contributed by atoms with Crippen molar-refractivity contribution in [2.75, 3.05) is 33.7 Å². The normalized spacial score (nSPS) is 12.4. The molecule has 0 saturated carbocycles. The van der Waals surface area contributed by atoms with Gasteiger partial charge in [0.25, 0.3) is 21.9 Å². The zero-order valence-corrected chi connectivity index (χ0v) is 32.3. The molecule has 2 amide bonds. The Balaban J connectivity index is 0.000000294. The monoisotopic (exact) mass is 758 g/mol.